The summed E-state index contributed by atoms with van der Waals surface area (Å²) < 4.78 is 2.47. The lowest BCUT2D eigenvalue weighted by Gasteiger charge is -2.42. The number of para-hydroxylation sites is 2. The van der Waals surface area contributed by atoms with E-state index in [9.17, 15) is 0 Å². The molecular weight excluding hydrogens is 556 g/mol. The maximum absolute atomic E-state index is 2.47. The quantitative estimate of drug-likeness (QED) is 0.192. The van der Waals surface area contributed by atoms with Gasteiger partial charge in [-0.05, 0) is 107 Å². The van der Waals surface area contributed by atoms with Gasteiger partial charge in [0.1, 0.15) is 0 Å². The molecule has 0 saturated carbocycles. The Morgan fingerprint density at radius 2 is 1.02 bits per heavy atom. The highest BCUT2D eigenvalue weighted by atomic mass is 15.1. The van der Waals surface area contributed by atoms with Gasteiger partial charge in [0.05, 0.1) is 11.0 Å². The number of rotatable bonds is 5. The van der Waals surface area contributed by atoms with Gasteiger partial charge in [0.15, 0.2) is 0 Å². The third-order valence-electron chi connectivity index (χ3n) is 10.3. The monoisotopic (exact) mass is 596 g/mol. The Hall–Kier alpha value is -5.08. The fraction of sp³-hybridized carbons (Fsp3) is 0.182. The van der Waals surface area contributed by atoms with Crippen LogP contribution in [0.1, 0.15) is 51.7 Å². The van der Waals surface area contributed by atoms with E-state index in [1.54, 1.807) is 0 Å². The van der Waals surface area contributed by atoms with Crippen molar-refractivity contribution in [3.8, 4) is 16.8 Å². The molecule has 0 spiro atoms. The number of benzene rings is 6. The van der Waals surface area contributed by atoms with E-state index >= 15 is 0 Å². The summed E-state index contributed by atoms with van der Waals surface area (Å²) in [7, 11) is 0. The molecule has 0 radical (unpaired) electrons. The largest absolute Gasteiger partial charge is 0.310 e. The minimum Gasteiger partial charge on any atom is -0.310 e. The predicted octanol–water partition coefficient (Wildman–Crippen LogP) is 12.3. The fourth-order valence-electron chi connectivity index (χ4n) is 7.55. The Morgan fingerprint density at radius 1 is 0.457 bits per heavy atom. The van der Waals surface area contributed by atoms with E-state index in [1.807, 2.05) is 0 Å². The first-order valence-corrected chi connectivity index (χ1v) is 16.5. The van der Waals surface area contributed by atoms with Gasteiger partial charge < -0.3 is 9.47 Å². The van der Waals surface area contributed by atoms with E-state index < -0.39 is 0 Å². The fourth-order valence-corrected chi connectivity index (χ4v) is 7.55. The number of nitrogens with zero attached hydrogens (tertiary/aromatic N) is 2. The summed E-state index contributed by atoms with van der Waals surface area (Å²) >= 11 is 0. The van der Waals surface area contributed by atoms with Crippen molar-refractivity contribution in [3.05, 3.63) is 157 Å². The number of fused-ring (bicyclic) bond motifs is 4. The van der Waals surface area contributed by atoms with Gasteiger partial charge in [-0.2, -0.15) is 0 Å². The van der Waals surface area contributed by atoms with Gasteiger partial charge in [-0.15, -0.1) is 0 Å². The summed E-state index contributed by atoms with van der Waals surface area (Å²) in [5.41, 5.74) is 12.9. The first-order valence-electron chi connectivity index (χ1n) is 16.5. The van der Waals surface area contributed by atoms with Crippen molar-refractivity contribution >= 4 is 38.9 Å². The molecule has 6 aromatic carbocycles. The Kier molecular flexibility index (Phi) is 6.65. The highest BCUT2D eigenvalue weighted by molar-refractivity contribution is 6.10. The summed E-state index contributed by atoms with van der Waals surface area (Å²) in [5, 5.41) is 2.52. The van der Waals surface area contributed by atoms with Crippen LogP contribution in [-0.4, -0.2) is 4.57 Å². The molecule has 2 heteroatoms. The number of hydrogen-bond donors (Lipinski definition) is 0. The summed E-state index contributed by atoms with van der Waals surface area (Å²) in [4.78, 5) is 2.36. The first kappa shape index (κ1) is 28.4. The summed E-state index contributed by atoms with van der Waals surface area (Å²) in [6.07, 6.45) is 2.42. The van der Waals surface area contributed by atoms with Crippen LogP contribution in [0.25, 0.3) is 38.6 Å². The molecule has 0 bridgehead atoms. The van der Waals surface area contributed by atoms with Gasteiger partial charge in [0.2, 0.25) is 0 Å². The second-order valence-electron chi connectivity index (χ2n) is 14.1. The molecule has 46 heavy (non-hydrogen) atoms. The molecule has 0 N–H and O–H groups in total. The summed E-state index contributed by atoms with van der Waals surface area (Å²) in [6.45, 7) is 9.62. The predicted molar refractivity (Wildman–Crippen MR) is 196 cm³/mol. The molecule has 0 atom stereocenters. The van der Waals surface area contributed by atoms with Crippen LogP contribution in [0, 0.1) is 0 Å². The molecule has 1 heterocycles. The van der Waals surface area contributed by atoms with E-state index in [-0.39, 0.29) is 10.8 Å². The van der Waals surface area contributed by atoms with Crippen LogP contribution in [0.5, 0.6) is 0 Å². The van der Waals surface area contributed by atoms with Crippen LogP contribution in [0.3, 0.4) is 0 Å². The van der Waals surface area contributed by atoms with Crippen LogP contribution in [0.4, 0.5) is 17.1 Å². The lowest BCUT2D eigenvalue weighted by atomic mass is 9.63. The minimum atomic E-state index is 0.152. The lowest BCUT2D eigenvalue weighted by Crippen LogP contribution is -2.33. The molecule has 2 nitrogen and oxygen atoms in total. The number of hydrogen-bond acceptors (Lipinski definition) is 1. The molecule has 7 aromatic rings. The van der Waals surface area contributed by atoms with Crippen molar-refractivity contribution in [1.82, 2.24) is 4.57 Å². The summed E-state index contributed by atoms with van der Waals surface area (Å²) in [6, 6.07) is 53.2. The van der Waals surface area contributed by atoms with Crippen LogP contribution in [-0.2, 0) is 10.8 Å². The minimum absolute atomic E-state index is 0.152. The van der Waals surface area contributed by atoms with Crippen LogP contribution in [0.2, 0.25) is 0 Å². The molecule has 0 unspecified atom stereocenters. The lowest BCUT2D eigenvalue weighted by molar-refractivity contribution is 0.332. The molecule has 0 amide bonds. The maximum Gasteiger partial charge on any atom is 0.0542 e. The smallest absolute Gasteiger partial charge is 0.0542 e. The van der Waals surface area contributed by atoms with Gasteiger partial charge in [-0.1, -0.05) is 113 Å². The van der Waals surface area contributed by atoms with Gasteiger partial charge in [-0.3, -0.25) is 0 Å². The van der Waals surface area contributed by atoms with Crippen molar-refractivity contribution in [2.75, 3.05) is 4.90 Å². The van der Waals surface area contributed by atoms with Crippen LogP contribution >= 0.6 is 0 Å². The zero-order valence-corrected chi connectivity index (χ0v) is 27.2. The van der Waals surface area contributed by atoms with E-state index in [1.165, 1.54) is 62.6 Å². The van der Waals surface area contributed by atoms with Gasteiger partial charge in [0.25, 0.3) is 0 Å². The summed E-state index contributed by atoms with van der Waals surface area (Å²) in [5.74, 6) is 0. The average Bonchev–Trinajstić information content (AvgIpc) is 3.42. The van der Waals surface area contributed by atoms with Crippen LogP contribution < -0.4 is 4.90 Å². The molecule has 0 fully saturated rings. The van der Waals surface area contributed by atoms with Crippen molar-refractivity contribution in [2.24, 2.45) is 0 Å². The topological polar surface area (TPSA) is 8.17 Å². The van der Waals surface area contributed by atoms with E-state index in [0.717, 1.165) is 17.1 Å². The molecule has 226 valence electrons. The molecule has 0 saturated heterocycles. The van der Waals surface area contributed by atoms with E-state index in [4.69, 9.17) is 0 Å². The van der Waals surface area contributed by atoms with Crippen molar-refractivity contribution in [3.63, 3.8) is 0 Å². The SMILES string of the molecule is CC1(C)CCC(C)(C)c2cc(-n3c4ccccc4c4cc(N(c5ccccc5)c5ccc(-c6ccccc6)cc5)ccc43)ccc21. The normalized spacial score (nSPS) is 15.1. The third-order valence-corrected chi connectivity index (χ3v) is 10.3. The Balaban J connectivity index is 1.29. The zero-order valence-electron chi connectivity index (χ0n) is 27.2. The number of anilines is 3. The zero-order chi connectivity index (χ0) is 31.5. The van der Waals surface area contributed by atoms with Crippen molar-refractivity contribution in [2.45, 2.75) is 51.4 Å². The van der Waals surface area contributed by atoms with Crippen molar-refractivity contribution in [1.29, 1.82) is 0 Å². The number of aromatic nitrogens is 1. The highest BCUT2D eigenvalue weighted by Crippen LogP contribution is 2.47. The Bertz CT molecular complexity index is 2190. The van der Waals surface area contributed by atoms with Gasteiger partial charge in [0, 0.05) is 33.5 Å². The van der Waals surface area contributed by atoms with Crippen LogP contribution in [0.15, 0.2) is 146 Å². The second kappa shape index (κ2) is 10.8. The Morgan fingerprint density at radius 3 is 1.76 bits per heavy atom. The van der Waals surface area contributed by atoms with Gasteiger partial charge in [-0.25, -0.2) is 0 Å². The average molecular weight is 597 g/mol. The third kappa shape index (κ3) is 4.72. The molecule has 1 aromatic heterocycles. The van der Waals surface area contributed by atoms with Gasteiger partial charge >= 0.3 is 0 Å². The highest BCUT2D eigenvalue weighted by Gasteiger charge is 2.37. The maximum atomic E-state index is 2.47. The van der Waals surface area contributed by atoms with E-state index in [0.29, 0.717) is 0 Å². The molecule has 8 rings (SSSR count). The van der Waals surface area contributed by atoms with E-state index in [2.05, 4.69) is 183 Å². The molecule has 1 aliphatic rings. The molecule has 1 aliphatic carbocycles. The van der Waals surface area contributed by atoms with Crippen molar-refractivity contribution < 1.29 is 0 Å². The Labute approximate surface area is 272 Å². The first-order chi connectivity index (χ1) is 22.3. The molecule has 0 aliphatic heterocycles. The second-order valence-corrected chi connectivity index (χ2v) is 14.1. The molecular formula is C44H40N2. The standard InChI is InChI=1S/C44H40N2/c1-43(2)27-28-44(3,4)40-30-36(23-25-39(40)43)46-41-18-12-11-17-37(41)38-29-35(24-26-42(38)46)45(33-15-9-6-10-16-33)34-21-19-32(20-22-34)31-13-7-5-8-14-31/h5-26,29-30H,27-28H2,1-4H3.